The summed E-state index contributed by atoms with van der Waals surface area (Å²) in [5.41, 5.74) is 0.767. The fourth-order valence-electron chi connectivity index (χ4n) is 4.56. The molecule has 9 nitrogen and oxygen atoms in total. The molecular formula is C23H30F2N8O. The molecule has 5 rings (SSSR count). The van der Waals surface area contributed by atoms with Gasteiger partial charge in [0.05, 0.1) is 10.9 Å². The number of fused-ring (bicyclic) bond motifs is 1. The summed E-state index contributed by atoms with van der Waals surface area (Å²) in [4.78, 5) is 26.0. The van der Waals surface area contributed by atoms with Gasteiger partial charge in [0.1, 0.15) is 12.1 Å². The fourth-order valence-corrected chi connectivity index (χ4v) is 4.56. The van der Waals surface area contributed by atoms with Crippen LogP contribution in [-0.2, 0) is 10.7 Å². The number of aldehydes is 1. The Bertz CT molecular complexity index is 1140. The summed E-state index contributed by atoms with van der Waals surface area (Å²) in [6, 6.07) is 3.99. The average molecular weight is 473 g/mol. The normalized spacial score (nSPS) is 18.7. The number of rotatable bonds is 5. The lowest BCUT2D eigenvalue weighted by Gasteiger charge is -2.23. The first kappa shape index (κ1) is 23.9. The van der Waals surface area contributed by atoms with Crippen LogP contribution in [0.5, 0.6) is 0 Å². The Morgan fingerprint density at radius 1 is 1.21 bits per heavy atom. The lowest BCUT2D eigenvalue weighted by Crippen LogP contribution is -2.35. The number of hydrogen-bond acceptors (Lipinski definition) is 8. The van der Waals surface area contributed by atoms with Crippen LogP contribution in [0.3, 0.4) is 0 Å². The van der Waals surface area contributed by atoms with Crippen molar-refractivity contribution in [2.45, 2.75) is 45.1 Å². The molecule has 3 aromatic heterocycles. The Morgan fingerprint density at radius 3 is 2.62 bits per heavy atom. The van der Waals surface area contributed by atoms with Gasteiger partial charge >= 0.3 is 5.92 Å². The van der Waals surface area contributed by atoms with Crippen molar-refractivity contribution in [3.05, 3.63) is 30.4 Å². The fraction of sp³-hybridized carbons (Fsp3) is 0.522. The number of halogens is 2. The van der Waals surface area contributed by atoms with Crippen LogP contribution in [0.1, 0.15) is 38.9 Å². The third kappa shape index (κ3) is 4.84. The zero-order valence-corrected chi connectivity index (χ0v) is 19.7. The van der Waals surface area contributed by atoms with Gasteiger partial charge in [-0.1, -0.05) is 0 Å². The van der Waals surface area contributed by atoms with E-state index in [1.165, 1.54) is 26.0 Å². The summed E-state index contributed by atoms with van der Waals surface area (Å²) < 4.78 is 29.3. The van der Waals surface area contributed by atoms with Crippen LogP contribution in [0.4, 0.5) is 20.4 Å². The topological polar surface area (TPSA) is 92.1 Å². The Morgan fingerprint density at radius 2 is 1.94 bits per heavy atom. The second kappa shape index (κ2) is 9.96. The Labute approximate surface area is 197 Å². The van der Waals surface area contributed by atoms with E-state index in [0.29, 0.717) is 17.7 Å². The van der Waals surface area contributed by atoms with Crippen molar-refractivity contribution in [2.24, 2.45) is 0 Å². The van der Waals surface area contributed by atoms with Crippen LogP contribution < -0.4 is 10.2 Å². The van der Waals surface area contributed by atoms with Gasteiger partial charge < -0.3 is 15.0 Å². The molecule has 2 aliphatic rings. The molecule has 0 aromatic carbocycles. The second-order valence-corrected chi connectivity index (χ2v) is 8.57. The standard InChI is InChI=1S/C21H26F2N8.C2H4O/c1-21(22,23)20-25-7-5-18(27-20)31-16-11-17(24-2)26-12-15(16)19(28-31)30-10-6-14(13-30)29-8-3-4-9-29;1-2-3/h5,7,11-12,14H,3-4,6,8-10,13H2,1-2H3,(H,24,26);2H,1H3. The van der Waals surface area contributed by atoms with Crippen molar-refractivity contribution in [3.63, 3.8) is 0 Å². The molecule has 1 unspecified atom stereocenters. The largest absolute Gasteiger partial charge is 0.373 e. The maximum absolute atomic E-state index is 13.8. The van der Waals surface area contributed by atoms with E-state index in [1.807, 2.05) is 6.07 Å². The van der Waals surface area contributed by atoms with Crippen molar-refractivity contribution in [2.75, 3.05) is 43.4 Å². The summed E-state index contributed by atoms with van der Waals surface area (Å²) in [6.07, 6.45) is 7.52. The molecule has 182 valence electrons. The van der Waals surface area contributed by atoms with Gasteiger partial charge in [-0.25, -0.2) is 19.6 Å². The van der Waals surface area contributed by atoms with Gasteiger partial charge in [-0.15, -0.1) is 5.10 Å². The quantitative estimate of drug-likeness (QED) is 0.566. The number of pyridine rings is 1. The predicted molar refractivity (Wildman–Crippen MR) is 127 cm³/mol. The van der Waals surface area contributed by atoms with Gasteiger partial charge in [-0.05, 0) is 39.3 Å². The summed E-state index contributed by atoms with van der Waals surface area (Å²) in [7, 11) is 1.79. The minimum absolute atomic E-state index is 0.311. The highest BCUT2D eigenvalue weighted by atomic mass is 19.3. The molecule has 2 saturated heterocycles. The van der Waals surface area contributed by atoms with Gasteiger partial charge in [0.15, 0.2) is 11.6 Å². The first-order chi connectivity index (χ1) is 16.4. The number of nitrogens with zero attached hydrogens (tertiary/aromatic N) is 7. The van der Waals surface area contributed by atoms with Gasteiger partial charge in [0.25, 0.3) is 0 Å². The molecule has 1 N–H and O–H groups in total. The summed E-state index contributed by atoms with van der Waals surface area (Å²) in [6.45, 7) is 6.38. The van der Waals surface area contributed by atoms with Crippen LogP contribution in [0, 0.1) is 0 Å². The summed E-state index contributed by atoms with van der Waals surface area (Å²) in [5, 5.41) is 8.73. The van der Waals surface area contributed by atoms with Crippen LogP contribution in [0.15, 0.2) is 24.5 Å². The smallest absolute Gasteiger partial charge is 0.303 e. The highest BCUT2D eigenvalue weighted by molar-refractivity contribution is 5.92. The summed E-state index contributed by atoms with van der Waals surface area (Å²) in [5.74, 6) is -1.85. The minimum atomic E-state index is -3.13. The van der Waals surface area contributed by atoms with E-state index in [-0.39, 0.29) is 0 Å². The molecule has 0 saturated carbocycles. The maximum Gasteiger partial charge on any atom is 0.303 e. The highest BCUT2D eigenvalue weighted by Gasteiger charge is 2.32. The molecule has 0 aliphatic carbocycles. The molecule has 34 heavy (non-hydrogen) atoms. The van der Waals surface area contributed by atoms with Gasteiger partial charge in [-0.3, -0.25) is 4.90 Å². The average Bonchev–Trinajstić information content (AvgIpc) is 3.58. The van der Waals surface area contributed by atoms with E-state index in [4.69, 9.17) is 9.89 Å². The van der Waals surface area contributed by atoms with Crippen LogP contribution >= 0.6 is 0 Å². The van der Waals surface area contributed by atoms with E-state index in [1.54, 1.807) is 24.0 Å². The molecule has 5 heterocycles. The Balaban J connectivity index is 0.000000868. The Hall–Kier alpha value is -3.21. The SMILES string of the molecule is CC=O.CNc1cc2c(cn1)c(N1CCC(N3CCCC3)C1)nn2-c1ccnc(C(C)(F)F)n1. The van der Waals surface area contributed by atoms with E-state index < -0.39 is 11.7 Å². The van der Waals surface area contributed by atoms with Gasteiger partial charge in [0.2, 0.25) is 5.82 Å². The van der Waals surface area contributed by atoms with Crippen molar-refractivity contribution in [1.29, 1.82) is 0 Å². The molecular weight excluding hydrogens is 442 g/mol. The van der Waals surface area contributed by atoms with Gasteiger partial charge in [-0.2, -0.15) is 8.78 Å². The minimum Gasteiger partial charge on any atom is -0.373 e. The number of aromatic nitrogens is 5. The molecule has 1 atom stereocenters. The van der Waals surface area contributed by atoms with Crippen LogP contribution in [0.25, 0.3) is 16.7 Å². The number of carbonyl (C=O) groups is 1. The molecule has 0 bridgehead atoms. The zero-order valence-electron chi connectivity index (χ0n) is 19.7. The third-order valence-corrected chi connectivity index (χ3v) is 6.17. The second-order valence-electron chi connectivity index (χ2n) is 8.57. The first-order valence-electron chi connectivity index (χ1n) is 11.5. The molecule has 2 fully saturated rings. The number of carbonyl (C=O) groups excluding carboxylic acids is 1. The predicted octanol–water partition coefficient (Wildman–Crippen LogP) is 3.24. The third-order valence-electron chi connectivity index (χ3n) is 6.17. The van der Waals surface area contributed by atoms with E-state index in [2.05, 4.69) is 30.1 Å². The van der Waals surface area contributed by atoms with Gasteiger partial charge in [0, 0.05) is 57.6 Å². The highest BCUT2D eigenvalue weighted by Crippen LogP contribution is 2.33. The molecule has 2 aliphatic heterocycles. The van der Waals surface area contributed by atoms with Crippen molar-refractivity contribution >= 4 is 28.8 Å². The van der Waals surface area contributed by atoms with E-state index in [9.17, 15) is 8.78 Å². The first-order valence-corrected chi connectivity index (χ1v) is 11.5. The molecule has 0 radical (unpaired) electrons. The Kier molecular flexibility index (Phi) is 7.01. The monoisotopic (exact) mass is 472 g/mol. The lowest BCUT2D eigenvalue weighted by atomic mass is 10.2. The number of nitrogens with one attached hydrogen (secondary N) is 1. The van der Waals surface area contributed by atoms with Crippen LogP contribution in [-0.4, -0.2) is 75.2 Å². The molecule has 0 amide bonds. The number of hydrogen-bond donors (Lipinski definition) is 1. The number of likely N-dealkylation sites (tertiary alicyclic amines) is 1. The van der Waals surface area contributed by atoms with Crippen LogP contribution in [0.2, 0.25) is 0 Å². The van der Waals surface area contributed by atoms with Crippen molar-refractivity contribution < 1.29 is 13.6 Å². The number of alkyl halides is 2. The van der Waals surface area contributed by atoms with E-state index in [0.717, 1.165) is 62.5 Å². The molecule has 3 aromatic rings. The molecule has 11 heteroatoms. The van der Waals surface area contributed by atoms with E-state index >= 15 is 0 Å². The van der Waals surface area contributed by atoms with Crippen molar-refractivity contribution in [3.8, 4) is 5.82 Å². The summed E-state index contributed by atoms with van der Waals surface area (Å²) >= 11 is 0. The van der Waals surface area contributed by atoms with Crippen molar-refractivity contribution in [1.82, 2.24) is 29.6 Å². The zero-order chi connectivity index (χ0) is 24.3. The molecule has 0 spiro atoms. The lowest BCUT2D eigenvalue weighted by molar-refractivity contribution is -0.106. The maximum atomic E-state index is 13.8. The number of anilines is 2.